The largest absolute Gasteiger partial charge is 0.340 e. The Bertz CT molecular complexity index is 1060. The van der Waals surface area contributed by atoms with Gasteiger partial charge in [0.2, 0.25) is 5.91 Å². The van der Waals surface area contributed by atoms with Crippen molar-refractivity contribution in [1.29, 1.82) is 5.26 Å². The predicted octanol–water partition coefficient (Wildman–Crippen LogP) is 4.47. The number of hydrogen-bond donors (Lipinski definition) is 2. The zero-order valence-electron chi connectivity index (χ0n) is 15.8. The van der Waals surface area contributed by atoms with E-state index < -0.39 is 6.04 Å². The number of nitriles is 1. The summed E-state index contributed by atoms with van der Waals surface area (Å²) in [5.41, 5.74) is 1.66. The quantitative estimate of drug-likeness (QED) is 0.639. The van der Waals surface area contributed by atoms with E-state index in [1.54, 1.807) is 43.3 Å². The monoisotopic (exact) mass is 401 g/mol. The number of nitrogens with zero attached hydrogens (tertiary/aromatic N) is 1. The summed E-state index contributed by atoms with van der Waals surface area (Å²) in [6, 6.07) is 24.9. The van der Waals surface area contributed by atoms with Gasteiger partial charge in [-0.2, -0.15) is 5.26 Å². The molecule has 3 rings (SSSR count). The molecule has 0 aliphatic rings. The van der Waals surface area contributed by atoms with Crippen LogP contribution in [0.15, 0.2) is 88.7 Å². The van der Waals surface area contributed by atoms with E-state index >= 15 is 0 Å². The third-order valence-electron chi connectivity index (χ3n) is 4.14. The second kappa shape index (κ2) is 9.58. The Balaban J connectivity index is 1.73. The zero-order valence-corrected chi connectivity index (χ0v) is 16.6. The lowest BCUT2D eigenvalue weighted by atomic mass is 10.2. The normalized spacial score (nSPS) is 11.2. The Morgan fingerprint density at radius 2 is 1.52 bits per heavy atom. The van der Waals surface area contributed by atoms with Gasteiger partial charge in [-0.1, -0.05) is 54.2 Å². The first kappa shape index (κ1) is 20.2. The van der Waals surface area contributed by atoms with Crippen LogP contribution in [-0.4, -0.2) is 17.9 Å². The summed E-state index contributed by atoms with van der Waals surface area (Å²) in [5, 5.41) is 14.8. The Kier molecular flexibility index (Phi) is 6.67. The minimum atomic E-state index is -0.716. The number of carbonyl (C=O) groups is 2. The molecule has 1 atom stereocenters. The molecular weight excluding hydrogens is 382 g/mol. The van der Waals surface area contributed by atoms with Crippen LogP contribution in [0.5, 0.6) is 0 Å². The molecule has 0 bridgehead atoms. The first-order chi connectivity index (χ1) is 14.1. The number of anilines is 1. The molecule has 0 spiro atoms. The van der Waals surface area contributed by atoms with E-state index in [9.17, 15) is 14.9 Å². The van der Waals surface area contributed by atoms with Crippen LogP contribution in [0.25, 0.3) is 0 Å². The first-order valence-corrected chi connectivity index (χ1v) is 9.83. The molecule has 3 aromatic carbocycles. The van der Waals surface area contributed by atoms with Crippen molar-refractivity contribution in [1.82, 2.24) is 5.32 Å². The number of benzene rings is 3. The van der Waals surface area contributed by atoms with Crippen molar-refractivity contribution >= 4 is 29.3 Å². The summed E-state index contributed by atoms with van der Waals surface area (Å²) in [5.74, 6) is -0.650. The van der Waals surface area contributed by atoms with Gasteiger partial charge in [0.25, 0.3) is 5.91 Å². The molecular formula is C23H19N3O2S. The molecule has 144 valence electrons. The van der Waals surface area contributed by atoms with Crippen molar-refractivity contribution in [3.05, 3.63) is 90.0 Å². The first-order valence-electron chi connectivity index (χ1n) is 9.01. The third kappa shape index (κ3) is 5.24. The second-order valence-electron chi connectivity index (χ2n) is 6.26. The maximum atomic E-state index is 12.8. The van der Waals surface area contributed by atoms with Crippen LogP contribution < -0.4 is 10.6 Å². The number of rotatable bonds is 6. The van der Waals surface area contributed by atoms with Crippen LogP contribution in [-0.2, 0) is 4.79 Å². The van der Waals surface area contributed by atoms with Crippen LogP contribution in [0.2, 0.25) is 0 Å². The highest BCUT2D eigenvalue weighted by atomic mass is 32.2. The Morgan fingerprint density at radius 1 is 0.897 bits per heavy atom. The lowest BCUT2D eigenvalue weighted by Gasteiger charge is -2.16. The molecule has 2 N–H and O–H groups in total. The van der Waals surface area contributed by atoms with Crippen LogP contribution >= 0.6 is 11.8 Å². The van der Waals surface area contributed by atoms with Gasteiger partial charge in [-0.3, -0.25) is 9.59 Å². The van der Waals surface area contributed by atoms with Crippen LogP contribution in [0.4, 0.5) is 5.69 Å². The summed E-state index contributed by atoms with van der Waals surface area (Å²) >= 11 is 1.35. The van der Waals surface area contributed by atoms with Gasteiger partial charge in [0, 0.05) is 15.5 Å². The molecule has 0 aromatic heterocycles. The van der Waals surface area contributed by atoms with Crippen molar-refractivity contribution in [3.8, 4) is 6.07 Å². The summed E-state index contributed by atoms with van der Waals surface area (Å²) in [6.45, 7) is 1.64. The molecule has 0 saturated carbocycles. The maximum absolute atomic E-state index is 12.8. The lowest BCUT2D eigenvalue weighted by Crippen LogP contribution is -2.41. The molecule has 5 nitrogen and oxygen atoms in total. The Hall–Kier alpha value is -3.56. The molecule has 29 heavy (non-hydrogen) atoms. The Labute approximate surface area is 173 Å². The third-order valence-corrected chi connectivity index (χ3v) is 5.29. The molecule has 0 radical (unpaired) electrons. The van der Waals surface area contributed by atoms with E-state index in [0.29, 0.717) is 21.7 Å². The minimum absolute atomic E-state index is 0.301. The number of hydrogen-bond acceptors (Lipinski definition) is 4. The van der Waals surface area contributed by atoms with Gasteiger partial charge >= 0.3 is 0 Å². The van der Waals surface area contributed by atoms with Crippen molar-refractivity contribution in [3.63, 3.8) is 0 Å². The smallest absolute Gasteiger partial charge is 0.253 e. The van der Waals surface area contributed by atoms with Crippen LogP contribution in [0.3, 0.4) is 0 Å². The Morgan fingerprint density at radius 3 is 2.24 bits per heavy atom. The van der Waals surface area contributed by atoms with E-state index in [4.69, 9.17) is 0 Å². The average Bonchev–Trinajstić information content (AvgIpc) is 2.75. The van der Waals surface area contributed by atoms with Gasteiger partial charge in [-0.25, -0.2) is 0 Å². The summed E-state index contributed by atoms with van der Waals surface area (Å²) in [7, 11) is 0. The predicted molar refractivity (Wildman–Crippen MR) is 114 cm³/mol. The fourth-order valence-electron chi connectivity index (χ4n) is 2.62. The average molecular weight is 401 g/mol. The molecule has 2 amide bonds. The van der Waals surface area contributed by atoms with E-state index in [1.807, 2.05) is 42.5 Å². The second-order valence-corrected chi connectivity index (χ2v) is 7.34. The molecule has 0 saturated heterocycles. The van der Waals surface area contributed by atoms with E-state index in [-0.39, 0.29) is 11.8 Å². The summed E-state index contributed by atoms with van der Waals surface area (Å²) in [6.07, 6.45) is 0. The molecule has 0 fully saturated rings. The standard InChI is InChI=1S/C23H19N3O2S/c1-16(22(27)26-18-10-3-2-4-11-18)25-23(28)19-12-6-8-14-21(19)29-20-13-7-5-9-17(20)15-24/h2-14,16H,1H3,(H,25,28)(H,26,27). The number of carbonyl (C=O) groups excluding carboxylic acids is 2. The number of amides is 2. The topological polar surface area (TPSA) is 82.0 Å². The van der Waals surface area contributed by atoms with Gasteiger partial charge in [0.15, 0.2) is 0 Å². The van der Waals surface area contributed by atoms with E-state index in [1.165, 1.54) is 11.8 Å². The van der Waals surface area contributed by atoms with E-state index in [0.717, 1.165) is 4.90 Å². The fourth-order valence-corrected chi connectivity index (χ4v) is 3.65. The zero-order chi connectivity index (χ0) is 20.6. The van der Waals surface area contributed by atoms with Crippen molar-refractivity contribution in [2.45, 2.75) is 22.8 Å². The highest BCUT2D eigenvalue weighted by molar-refractivity contribution is 7.99. The minimum Gasteiger partial charge on any atom is -0.340 e. The fraction of sp³-hybridized carbons (Fsp3) is 0.0870. The summed E-state index contributed by atoms with van der Waals surface area (Å²) in [4.78, 5) is 26.7. The van der Waals surface area contributed by atoms with Gasteiger partial charge in [0.05, 0.1) is 11.1 Å². The highest BCUT2D eigenvalue weighted by Gasteiger charge is 2.19. The molecule has 1 unspecified atom stereocenters. The summed E-state index contributed by atoms with van der Waals surface area (Å²) < 4.78 is 0. The van der Waals surface area contributed by atoms with Crippen molar-refractivity contribution in [2.75, 3.05) is 5.32 Å². The molecule has 0 aliphatic heterocycles. The van der Waals surface area contributed by atoms with Gasteiger partial charge < -0.3 is 10.6 Å². The van der Waals surface area contributed by atoms with Crippen LogP contribution in [0.1, 0.15) is 22.8 Å². The number of para-hydroxylation sites is 1. The van der Waals surface area contributed by atoms with Crippen molar-refractivity contribution in [2.24, 2.45) is 0 Å². The highest BCUT2D eigenvalue weighted by Crippen LogP contribution is 2.32. The van der Waals surface area contributed by atoms with Crippen molar-refractivity contribution < 1.29 is 9.59 Å². The number of nitrogens with one attached hydrogen (secondary N) is 2. The molecule has 0 aliphatic carbocycles. The van der Waals surface area contributed by atoms with Gasteiger partial charge in [-0.05, 0) is 43.3 Å². The lowest BCUT2D eigenvalue weighted by molar-refractivity contribution is -0.117. The molecule has 3 aromatic rings. The molecule has 0 heterocycles. The van der Waals surface area contributed by atoms with Crippen LogP contribution in [0, 0.1) is 11.3 Å². The maximum Gasteiger partial charge on any atom is 0.253 e. The molecule has 6 heteroatoms. The van der Waals surface area contributed by atoms with Gasteiger partial charge in [0.1, 0.15) is 12.1 Å². The van der Waals surface area contributed by atoms with Gasteiger partial charge in [-0.15, -0.1) is 0 Å². The van der Waals surface area contributed by atoms with E-state index in [2.05, 4.69) is 16.7 Å². The SMILES string of the molecule is CC(NC(=O)c1ccccc1Sc1ccccc1C#N)C(=O)Nc1ccccc1.